The van der Waals surface area contributed by atoms with Gasteiger partial charge in [-0.1, -0.05) is 12.5 Å². The van der Waals surface area contributed by atoms with Crippen molar-refractivity contribution >= 4 is 12.0 Å². The van der Waals surface area contributed by atoms with E-state index < -0.39 is 0 Å². The molecule has 2 fully saturated rings. The highest BCUT2D eigenvalue weighted by molar-refractivity contribution is 6.03. The van der Waals surface area contributed by atoms with Gasteiger partial charge in [0.2, 0.25) is 0 Å². The number of nitrogens with zero attached hydrogens (tertiary/aromatic N) is 2. The molecule has 0 aromatic carbocycles. The number of aromatic nitrogens is 1. The number of carbonyl (C=O) groups is 1. The Bertz CT molecular complexity index is 816. The number of carbonyl (C=O) groups excluding carboxylic acids is 1. The molecule has 4 rings (SSSR count). The van der Waals surface area contributed by atoms with Crippen LogP contribution >= 0.6 is 0 Å². The van der Waals surface area contributed by atoms with Crippen molar-refractivity contribution in [2.75, 3.05) is 7.05 Å². The maximum atomic E-state index is 12.8. The smallest absolute Gasteiger partial charge is 0.182 e. The normalized spacial score (nSPS) is 22.8. The SMILES string of the molecule is CNC1C=CNC(C(=O)C2CCC2)=C1C=NCc1cnc(C2CC2)c(C)c1. The van der Waals surface area contributed by atoms with Gasteiger partial charge in [0.05, 0.1) is 18.3 Å². The van der Waals surface area contributed by atoms with Crippen molar-refractivity contribution in [2.24, 2.45) is 10.9 Å². The summed E-state index contributed by atoms with van der Waals surface area (Å²) in [7, 11) is 1.91. The molecule has 27 heavy (non-hydrogen) atoms. The second kappa shape index (κ2) is 7.77. The molecule has 0 spiro atoms. The van der Waals surface area contributed by atoms with Gasteiger partial charge in [-0.2, -0.15) is 0 Å². The van der Waals surface area contributed by atoms with E-state index in [2.05, 4.69) is 33.6 Å². The highest BCUT2D eigenvalue weighted by Crippen LogP contribution is 2.40. The molecular weight excluding hydrogens is 336 g/mol. The molecule has 0 amide bonds. The first kappa shape index (κ1) is 18.1. The first-order chi connectivity index (χ1) is 13.2. The summed E-state index contributed by atoms with van der Waals surface area (Å²) in [6.45, 7) is 2.71. The average Bonchev–Trinajstić information content (AvgIpc) is 3.45. The van der Waals surface area contributed by atoms with Gasteiger partial charge in [-0.15, -0.1) is 0 Å². The molecule has 142 valence electrons. The van der Waals surface area contributed by atoms with Crippen LogP contribution in [0.4, 0.5) is 0 Å². The highest BCUT2D eigenvalue weighted by atomic mass is 16.1. The predicted molar refractivity (Wildman–Crippen MR) is 108 cm³/mol. The maximum Gasteiger partial charge on any atom is 0.182 e. The largest absolute Gasteiger partial charge is 0.359 e. The summed E-state index contributed by atoms with van der Waals surface area (Å²) in [5.74, 6) is 1.06. The second-order valence-electron chi connectivity index (χ2n) is 7.88. The molecule has 2 aliphatic carbocycles. The van der Waals surface area contributed by atoms with Crippen molar-refractivity contribution in [3.05, 3.63) is 52.6 Å². The Kier molecular flexibility index (Phi) is 5.21. The summed E-state index contributed by atoms with van der Waals surface area (Å²) >= 11 is 0. The van der Waals surface area contributed by atoms with E-state index in [9.17, 15) is 4.79 Å². The van der Waals surface area contributed by atoms with Crippen LogP contribution in [0.15, 0.2) is 40.8 Å². The number of dihydropyridines is 1. The van der Waals surface area contributed by atoms with E-state index in [1.165, 1.54) is 24.1 Å². The molecule has 5 nitrogen and oxygen atoms in total. The van der Waals surface area contributed by atoms with Gasteiger partial charge in [0.1, 0.15) is 0 Å². The maximum absolute atomic E-state index is 12.8. The van der Waals surface area contributed by atoms with Gasteiger partial charge in [-0.05, 0) is 63.1 Å². The summed E-state index contributed by atoms with van der Waals surface area (Å²) in [4.78, 5) is 22.1. The molecule has 2 heterocycles. The Balaban J connectivity index is 1.51. The predicted octanol–water partition coefficient (Wildman–Crippen LogP) is 3.17. The van der Waals surface area contributed by atoms with Crippen molar-refractivity contribution < 1.29 is 4.79 Å². The minimum Gasteiger partial charge on any atom is -0.359 e. The quantitative estimate of drug-likeness (QED) is 0.730. The lowest BCUT2D eigenvalue weighted by atomic mass is 9.79. The lowest BCUT2D eigenvalue weighted by molar-refractivity contribution is -0.121. The zero-order chi connectivity index (χ0) is 18.8. The molecule has 5 heteroatoms. The minimum absolute atomic E-state index is 0.00568. The van der Waals surface area contributed by atoms with Crippen molar-refractivity contribution in [3.63, 3.8) is 0 Å². The van der Waals surface area contributed by atoms with E-state index in [-0.39, 0.29) is 17.7 Å². The molecule has 1 atom stereocenters. The average molecular weight is 364 g/mol. The number of allylic oxidation sites excluding steroid dienone is 1. The summed E-state index contributed by atoms with van der Waals surface area (Å²) in [6, 6.07) is 2.20. The van der Waals surface area contributed by atoms with E-state index in [1.807, 2.05) is 31.7 Å². The van der Waals surface area contributed by atoms with Gasteiger partial charge in [-0.3, -0.25) is 14.8 Å². The number of pyridine rings is 1. The van der Waals surface area contributed by atoms with Crippen LogP contribution in [0.25, 0.3) is 0 Å². The number of Topliss-reactive ketones (excluding diaryl/α,β-unsaturated/α-hetero) is 1. The number of hydrogen-bond acceptors (Lipinski definition) is 5. The highest BCUT2D eigenvalue weighted by Gasteiger charge is 2.31. The third kappa shape index (κ3) is 3.88. The molecular formula is C22H28N4O. The molecule has 0 bridgehead atoms. The number of rotatable bonds is 7. The van der Waals surface area contributed by atoms with Gasteiger partial charge in [0, 0.05) is 35.5 Å². The van der Waals surface area contributed by atoms with E-state index in [0.29, 0.717) is 18.2 Å². The van der Waals surface area contributed by atoms with Crippen LogP contribution in [0, 0.1) is 12.8 Å². The van der Waals surface area contributed by atoms with E-state index in [0.717, 1.165) is 30.4 Å². The fourth-order valence-corrected chi connectivity index (χ4v) is 3.82. The zero-order valence-corrected chi connectivity index (χ0v) is 16.2. The summed E-state index contributed by atoms with van der Waals surface area (Å²) in [5, 5.41) is 6.43. The summed E-state index contributed by atoms with van der Waals surface area (Å²) < 4.78 is 0. The zero-order valence-electron chi connectivity index (χ0n) is 16.2. The van der Waals surface area contributed by atoms with Crippen LogP contribution < -0.4 is 10.6 Å². The van der Waals surface area contributed by atoms with Crippen LogP contribution in [-0.4, -0.2) is 30.1 Å². The number of hydrogen-bond donors (Lipinski definition) is 2. The first-order valence-electron chi connectivity index (χ1n) is 10.0. The standard InChI is InChI=1S/C22H28N4O/c1-14-10-15(12-26-20(14)16-6-7-16)11-24-13-18-19(23-2)8-9-25-21(18)22(27)17-4-3-5-17/h8-10,12-13,16-17,19,23,25H,3-7,11H2,1-2H3. The van der Waals surface area contributed by atoms with Crippen LogP contribution in [-0.2, 0) is 11.3 Å². The van der Waals surface area contributed by atoms with Gasteiger partial charge in [-0.25, -0.2) is 0 Å². The van der Waals surface area contributed by atoms with Crippen LogP contribution in [0.5, 0.6) is 0 Å². The van der Waals surface area contributed by atoms with Crippen molar-refractivity contribution in [1.29, 1.82) is 0 Å². The van der Waals surface area contributed by atoms with Gasteiger partial charge in [0.25, 0.3) is 0 Å². The van der Waals surface area contributed by atoms with Crippen LogP contribution in [0.1, 0.15) is 54.8 Å². The minimum atomic E-state index is 0.00568. The van der Waals surface area contributed by atoms with Crippen molar-refractivity contribution in [1.82, 2.24) is 15.6 Å². The molecule has 2 saturated carbocycles. The fraction of sp³-hybridized carbons (Fsp3) is 0.500. The van der Waals surface area contributed by atoms with E-state index >= 15 is 0 Å². The topological polar surface area (TPSA) is 66.4 Å². The monoisotopic (exact) mass is 364 g/mol. The van der Waals surface area contributed by atoms with Gasteiger partial charge < -0.3 is 10.6 Å². The summed E-state index contributed by atoms with van der Waals surface area (Å²) in [6.07, 6.45) is 13.4. The Morgan fingerprint density at radius 3 is 2.81 bits per heavy atom. The van der Waals surface area contributed by atoms with Crippen molar-refractivity contribution in [3.8, 4) is 0 Å². The molecule has 0 saturated heterocycles. The van der Waals surface area contributed by atoms with Crippen molar-refractivity contribution in [2.45, 2.75) is 57.5 Å². The third-order valence-electron chi connectivity index (χ3n) is 5.82. The van der Waals surface area contributed by atoms with E-state index in [4.69, 9.17) is 0 Å². The Morgan fingerprint density at radius 1 is 1.37 bits per heavy atom. The number of likely N-dealkylation sites (N-methyl/N-ethyl adjacent to an activating group) is 1. The third-order valence-corrected chi connectivity index (χ3v) is 5.82. The molecule has 0 radical (unpaired) electrons. The van der Waals surface area contributed by atoms with E-state index in [1.54, 1.807) is 0 Å². The van der Waals surface area contributed by atoms with Crippen LogP contribution in [0.2, 0.25) is 0 Å². The molecule has 1 unspecified atom stereocenters. The Hall–Kier alpha value is -2.27. The van der Waals surface area contributed by atoms with Gasteiger partial charge >= 0.3 is 0 Å². The number of ketones is 1. The van der Waals surface area contributed by atoms with Gasteiger partial charge in [0.15, 0.2) is 5.78 Å². The molecule has 1 aromatic heterocycles. The second-order valence-corrected chi connectivity index (χ2v) is 7.88. The number of aryl methyl sites for hydroxylation is 1. The lowest BCUT2D eigenvalue weighted by Gasteiger charge is -2.28. The molecule has 1 aromatic rings. The number of aliphatic imine (C=N–C) groups is 1. The summed E-state index contributed by atoms with van der Waals surface area (Å²) in [5.41, 5.74) is 5.25. The van der Waals surface area contributed by atoms with Crippen LogP contribution in [0.3, 0.4) is 0 Å². The fourth-order valence-electron chi connectivity index (χ4n) is 3.82. The first-order valence-corrected chi connectivity index (χ1v) is 10.0. The Morgan fingerprint density at radius 2 is 2.19 bits per heavy atom. The number of nitrogens with one attached hydrogen (secondary N) is 2. The molecule has 1 aliphatic heterocycles. The lowest BCUT2D eigenvalue weighted by Crippen LogP contribution is -2.37. The molecule has 3 aliphatic rings. The Labute approximate surface area is 161 Å². The molecule has 2 N–H and O–H groups in total.